The molecular weight excluding hydrogens is 322 g/mol. The van der Waals surface area contributed by atoms with Gasteiger partial charge in [0.15, 0.2) is 0 Å². The normalized spacial score (nSPS) is 10.2. The number of amides is 1. The Morgan fingerprint density at radius 1 is 1.14 bits per heavy atom. The van der Waals surface area contributed by atoms with Crippen LogP contribution < -0.4 is 5.32 Å². The third kappa shape index (κ3) is 3.68. The highest BCUT2D eigenvalue weighted by atomic mass is 35.5. The zero-order valence-electron chi connectivity index (χ0n) is 10.3. The summed E-state index contributed by atoms with van der Waals surface area (Å²) in [6.45, 7) is 0. The number of halogens is 3. The fraction of sp³-hybridized carbons (Fsp3) is 0. The van der Waals surface area contributed by atoms with Crippen molar-refractivity contribution in [1.82, 2.24) is 0 Å². The summed E-state index contributed by atoms with van der Waals surface area (Å²) in [4.78, 5) is 21.9. The Labute approximate surface area is 128 Å². The number of benzene rings is 2. The molecule has 2 aromatic rings. The van der Waals surface area contributed by atoms with Gasteiger partial charge in [-0.2, -0.15) is 0 Å². The van der Waals surface area contributed by atoms with E-state index in [2.05, 4.69) is 5.32 Å². The molecular formula is C13H7Cl2FN2O3. The Hall–Kier alpha value is -2.18. The van der Waals surface area contributed by atoms with Crippen molar-refractivity contribution >= 4 is 40.5 Å². The van der Waals surface area contributed by atoms with Crippen molar-refractivity contribution in [1.29, 1.82) is 0 Å². The van der Waals surface area contributed by atoms with Crippen LogP contribution >= 0.6 is 23.2 Å². The van der Waals surface area contributed by atoms with Gasteiger partial charge in [-0.15, -0.1) is 0 Å². The summed E-state index contributed by atoms with van der Waals surface area (Å²) in [5.74, 6) is -1.47. The van der Waals surface area contributed by atoms with Crippen LogP contribution in [0.5, 0.6) is 0 Å². The molecule has 0 fully saturated rings. The third-order valence-electron chi connectivity index (χ3n) is 2.53. The van der Waals surface area contributed by atoms with Crippen LogP contribution in [0.1, 0.15) is 10.4 Å². The minimum atomic E-state index is -0.790. The van der Waals surface area contributed by atoms with Crippen LogP contribution in [-0.4, -0.2) is 10.8 Å². The molecule has 0 unspecified atom stereocenters. The number of carbonyl (C=O) groups excluding carboxylic acids is 1. The second kappa shape index (κ2) is 6.07. The first-order valence-corrected chi connectivity index (χ1v) is 6.34. The van der Waals surface area contributed by atoms with E-state index in [0.29, 0.717) is 0 Å². The van der Waals surface area contributed by atoms with E-state index >= 15 is 0 Å². The van der Waals surface area contributed by atoms with Crippen LogP contribution in [0, 0.1) is 15.9 Å². The van der Waals surface area contributed by atoms with Crippen molar-refractivity contribution in [3.63, 3.8) is 0 Å². The maximum Gasteiger partial charge on any atom is 0.271 e. The lowest BCUT2D eigenvalue weighted by molar-refractivity contribution is -0.384. The van der Waals surface area contributed by atoms with E-state index in [1.165, 1.54) is 18.2 Å². The van der Waals surface area contributed by atoms with Gasteiger partial charge in [-0.1, -0.05) is 23.2 Å². The Bertz CT molecular complexity index is 717. The van der Waals surface area contributed by atoms with Crippen molar-refractivity contribution < 1.29 is 14.1 Å². The lowest BCUT2D eigenvalue weighted by atomic mass is 10.2. The minimum absolute atomic E-state index is 0.110. The maximum atomic E-state index is 13.6. The first-order chi connectivity index (χ1) is 9.86. The van der Waals surface area contributed by atoms with Gasteiger partial charge in [0.25, 0.3) is 11.6 Å². The molecule has 2 rings (SSSR count). The lowest BCUT2D eigenvalue weighted by Gasteiger charge is -2.07. The van der Waals surface area contributed by atoms with Gasteiger partial charge in [-0.05, 0) is 24.3 Å². The number of hydrogen-bond donors (Lipinski definition) is 1. The van der Waals surface area contributed by atoms with E-state index < -0.39 is 16.6 Å². The number of nitro groups is 1. The number of carbonyl (C=O) groups is 1. The van der Waals surface area contributed by atoms with Crippen LogP contribution in [0.3, 0.4) is 0 Å². The zero-order valence-corrected chi connectivity index (χ0v) is 11.8. The fourth-order valence-electron chi connectivity index (χ4n) is 1.60. The monoisotopic (exact) mass is 328 g/mol. The molecule has 0 aliphatic carbocycles. The highest BCUT2D eigenvalue weighted by molar-refractivity contribution is 6.35. The van der Waals surface area contributed by atoms with Crippen LogP contribution in [0.2, 0.25) is 10.0 Å². The van der Waals surface area contributed by atoms with Gasteiger partial charge < -0.3 is 5.32 Å². The standard InChI is InChI=1S/C13H7Cl2FN2O3/c14-8-3-7(4-9(15)5-8)13(19)17-12-6-10(18(20)21)1-2-11(12)16/h1-6H,(H,17,19). The molecule has 0 radical (unpaired) electrons. The molecule has 0 spiro atoms. The summed E-state index contributed by atoms with van der Waals surface area (Å²) in [5.41, 5.74) is -0.528. The highest BCUT2D eigenvalue weighted by Gasteiger charge is 2.14. The largest absolute Gasteiger partial charge is 0.319 e. The van der Waals surface area contributed by atoms with Gasteiger partial charge in [0.05, 0.1) is 10.6 Å². The Morgan fingerprint density at radius 2 is 1.76 bits per heavy atom. The molecule has 8 heteroatoms. The molecule has 0 heterocycles. The number of anilines is 1. The molecule has 0 saturated heterocycles. The maximum absolute atomic E-state index is 13.6. The van der Waals surface area contributed by atoms with Gasteiger partial charge >= 0.3 is 0 Å². The van der Waals surface area contributed by atoms with Gasteiger partial charge in [-0.3, -0.25) is 14.9 Å². The molecule has 0 aromatic heterocycles. The Kier molecular flexibility index (Phi) is 4.40. The molecule has 0 bridgehead atoms. The molecule has 1 N–H and O–H groups in total. The number of rotatable bonds is 3. The average Bonchev–Trinajstić information content (AvgIpc) is 2.39. The van der Waals surface area contributed by atoms with Gasteiger partial charge in [0.1, 0.15) is 5.82 Å². The summed E-state index contributed by atoms with van der Waals surface area (Å²) in [6, 6.07) is 6.96. The first-order valence-electron chi connectivity index (χ1n) is 5.58. The van der Waals surface area contributed by atoms with Crippen LogP contribution in [0.25, 0.3) is 0 Å². The van der Waals surface area contributed by atoms with Crippen molar-refractivity contribution in [2.24, 2.45) is 0 Å². The summed E-state index contributed by atoms with van der Waals surface area (Å²) in [6.07, 6.45) is 0. The summed E-state index contributed by atoms with van der Waals surface area (Å²) in [7, 11) is 0. The molecule has 1 amide bonds. The van der Waals surface area contributed by atoms with E-state index in [9.17, 15) is 19.3 Å². The second-order valence-electron chi connectivity index (χ2n) is 4.03. The van der Waals surface area contributed by atoms with Gasteiger partial charge in [0, 0.05) is 27.7 Å². The molecule has 0 saturated carbocycles. The van der Waals surface area contributed by atoms with Crippen LogP contribution in [-0.2, 0) is 0 Å². The van der Waals surface area contributed by atoms with Crippen LogP contribution in [0.15, 0.2) is 36.4 Å². The van der Waals surface area contributed by atoms with Gasteiger partial charge in [0.2, 0.25) is 0 Å². The third-order valence-corrected chi connectivity index (χ3v) is 2.97. The van der Waals surface area contributed by atoms with Crippen molar-refractivity contribution in [2.45, 2.75) is 0 Å². The number of non-ortho nitro benzene ring substituents is 1. The second-order valence-corrected chi connectivity index (χ2v) is 4.91. The Morgan fingerprint density at radius 3 is 2.33 bits per heavy atom. The Balaban J connectivity index is 2.31. The summed E-state index contributed by atoms with van der Waals surface area (Å²) in [5, 5.41) is 13.4. The molecule has 0 aliphatic heterocycles. The van der Waals surface area contributed by atoms with E-state index in [4.69, 9.17) is 23.2 Å². The smallest absolute Gasteiger partial charge is 0.271 e. The minimum Gasteiger partial charge on any atom is -0.319 e. The number of nitrogens with one attached hydrogen (secondary N) is 1. The first kappa shape index (κ1) is 15.2. The van der Waals surface area contributed by atoms with Crippen molar-refractivity contribution in [3.8, 4) is 0 Å². The van der Waals surface area contributed by atoms with E-state index in [0.717, 1.165) is 18.2 Å². The quantitative estimate of drug-likeness (QED) is 0.674. The van der Waals surface area contributed by atoms with E-state index in [1.807, 2.05) is 0 Å². The van der Waals surface area contributed by atoms with Crippen molar-refractivity contribution in [3.05, 3.63) is 67.9 Å². The summed E-state index contributed by atoms with van der Waals surface area (Å²) < 4.78 is 13.6. The predicted molar refractivity (Wildman–Crippen MR) is 77.5 cm³/mol. The average molecular weight is 329 g/mol. The number of nitrogens with zero attached hydrogens (tertiary/aromatic N) is 1. The fourth-order valence-corrected chi connectivity index (χ4v) is 2.13. The predicted octanol–water partition coefficient (Wildman–Crippen LogP) is 4.29. The molecule has 5 nitrogen and oxygen atoms in total. The molecule has 0 atom stereocenters. The molecule has 2 aromatic carbocycles. The summed E-state index contributed by atoms with van der Waals surface area (Å²) >= 11 is 11.5. The molecule has 108 valence electrons. The van der Waals surface area contributed by atoms with Crippen LogP contribution in [0.4, 0.5) is 15.8 Å². The molecule has 21 heavy (non-hydrogen) atoms. The topological polar surface area (TPSA) is 72.2 Å². The SMILES string of the molecule is O=C(Nc1cc([N+](=O)[O-])ccc1F)c1cc(Cl)cc(Cl)c1. The van der Waals surface area contributed by atoms with E-state index in [1.54, 1.807) is 0 Å². The molecule has 0 aliphatic rings. The lowest BCUT2D eigenvalue weighted by Crippen LogP contribution is -2.13. The zero-order chi connectivity index (χ0) is 15.6. The highest BCUT2D eigenvalue weighted by Crippen LogP contribution is 2.23. The number of hydrogen-bond acceptors (Lipinski definition) is 3. The van der Waals surface area contributed by atoms with Crippen molar-refractivity contribution in [2.75, 3.05) is 5.32 Å². The van der Waals surface area contributed by atoms with E-state index in [-0.39, 0.29) is 27.0 Å². The van der Waals surface area contributed by atoms with Gasteiger partial charge in [-0.25, -0.2) is 4.39 Å². The number of nitro benzene ring substituents is 1.